The van der Waals surface area contributed by atoms with Gasteiger partial charge in [-0.05, 0) is 38.0 Å². The number of halogens is 1. The third kappa shape index (κ3) is 3.20. The minimum Gasteiger partial charge on any atom is -0.352 e. The summed E-state index contributed by atoms with van der Waals surface area (Å²) in [5, 5.41) is 3.46. The maximum absolute atomic E-state index is 5.88. The third-order valence-corrected chi connectivity index (χ3v) is 3.33. The largest absolute Gasteiger partial charge is 0.352 e. The second-order valence-electron chi connectivity index (χ2n) is 4.78. The van der Waals surface area contributed by atoms with Gasteiger partial charge in [0.2, 0.25) is 17.2 Å². The van der Waals surface area contributed by atoms with E-state index in [0.29, 0.717) is 17.9 Å². The molecule has 2 heterocycles. The van der Waals surface area contributed by atoms with Gasteiger partial charge in [-0.15, -0.1) is 0 Å². The lowest BCUT2D eigenvalue weighted by Gasteiger charge is -2.20. The summed E-state index contributed by atoms with van der Waals surface area (Å²) >= 11 is 5.88. The fourth-order valence-corrected chi connectivity index (χ4v) is 2.22. The van der Waals surface area contributed by atoms with Crippen molar-refractivity contribution in [3.63, 3.8) is 0 Å². The summed E-state index contributed by atoms with van der Waals surface area (Å²) in [6.07, 6.45) is 2.46. The number of nitrogens with one attached hydrogen (secondary N) is 1. The molecule has 1 fully saturated rings. The maximum atomic E-state index is 5.88. The Balaban J connectivity index is 2.00. The molecule has 0 spiro atoms. The average molecular weight is 271 g/mol. The molecule has 0 aliphatic carbocycles. The monoisotopic (exact) mass is 270 g/mol. The summed E-state index contributed by atoms with van der Waals surface area (Å²) in [5.74, 6) is 1.11. The van der Waals surface area contributed by atoms with E-state index in [0.717, 1.165) is 13.1 Å². The quantitative estimate of drug-likeness (QED) is 0.884. The Hall–Kier alpha value is -1.14. The molecule has 18 heavy (non-hydrogen) atoms. The van der Waals surface area contributed by atoms with Crippen LogP contribution in [0.4, 0.5) is 11.9 Å². The highest BCUT2D eigenvalue weighted by atomic mass is 35.5. The zero-order chi connectivity index (χ0) is 13.1. The highest BCUT2D eigenvalue weighted by molar-refractivity contribution is 6.28. The molecule has 0 saturated carbocycles. The van der Waals surface area contributed by atoms with E-state index in [1.807, 2.05) is 14.1 Å². The molecule has 1 aliphatic heterocycles. The van der Waals surface area contributed by atoms with Gasteiger partial charge in [0.05, 0.1) is 0 Å². The van der Waals surface area contributed by atoms with E-state index in [1.165, 1.54) is 12.8 Å². The zero-order valence-electron chi connectivity index (χ0n) is 11.0. The van der Waals surface area contributed by atoms with Gasteiger partial charge in [0.25, 0.3) is 0 Å². The van der Waals surface area contributed by atoms with Crippen LogP contribution in [-0.4, -0.2) is 60.1 Å². The van der Waals surface area contributed by atoms with Crippen molar-refractivity contribution in [2.45, 2.75) is 18.9 Å². The maximum Gasteiger partial charge on any atom is 0.230 e. The van der Waals surface area contributed by atoms with Gasteiger partial charge in [-0.3, -0.25) is 0 Å². The molecule has 0 bridgehead atoms. The van der Waals surface area contributed by atoms with E-state index in [4.69, 9.17) is 11.6 Å². The van der Waals surface area contributed by atoms with E-state index in [2.05, 4.69) is 32.2 Å². The first-order valence-electron chi connectivity index (χ1n) is 6.09. The van der Waals surface area contributed by atoms with Crippen molar-refractivity contribution in [2.24, 2.45) is 0 Å². The summed E-state index contributed by atoms with van der Waals surface area (Å²) in [6, 6.07) is 0.545. The van der Waals surface area contributed by atoms with Crippen LogP contribution in [0.15, 0.2) is 0 Å². The lowest BCUT2D eigenvalue weighted by molar-refractivity contribution is 0.322. The number of aromatic nitrogens is 3. The van der Waals surface area contributed by atoms with E-state index in [-0.39, 0.29) is 5.28 Å². The lowest BCUT2D eigenvalue weighted by atomic mass is 10.2. The molecule has 2 rings (SSSR count). The van der Waals surface area contributed by atoms with Crippen molar-refractivity contribution < 1.29 is 0 Å². The Morgan fingerprint density at radius 1 is 1.39 bits per heavy atom. The molecule has 0 radical (unpaired) electrons. The number of nitrogens with zero attached hydrogens (tertiary/aromatic N) is 5. The van der Waals surface area contributed by atoms with Gasteiger partial charge in [-0.1, -0.05) is 0 Å². The summed E-state index contributed by atoms with van der Waals surface area (Å²) in [4.78, 5) is 16.6. The standard InChI is InChI=1S/C11H19ClN6/c1-17(2)11-15-9(12)14-10(16-11)13-7-8-5-4-6-18(8)3/h8H,4-7H2,1-3H3,(H,13,14,15,16). The molecule has 1 aromatic rings. The van der Waals surface area contributed by atoms with Crippen molar-refractivity contribution in [3.05, 3.63) is 5.28 Å². The second kappa shape index (κ2) is 5.67. The normalized spacial score (nSPS) is 20.1. The Morgan fingerprint density at radius 2 is 2.17 bits per heavy atom. The fraction of sp³-hybridized carbons (Fsp3) is 0.727. The minimum atomic E-state index is 0.218. The van der Waals surface area contributed by atoms with Crippen LogP contribution in [0.2, 0.25) is 5.28 Å². The van der Waals surface area contributed by atoms with Crippen molar-refractivity contribution in [1.29, 1.82) is 0 Å². The van der Waals surface area contributed by atoms with Crippen LogP contribution in [0, 0.1) is 0 Å². The summed E-state index contributed by atoms with van der Waals surface area (Å²) < 4.78 is 0. The molecule has 100 valence electrons. The molecule has 6 nitrogen and oxygen atoms in total. The number of rotatable bonds is 4. The predicted octanol–water partition coefficient (Wildman–Crippen LogP) is 1.10. The second-order valence-corrected chi connectivity index (χ2v) is 5.12. The highest BCUT2D eigenvalue weighted by Gasteiger charge is 2.20. The van der Waals surface area contributed by atoms with Crippen molar-refractivity contribution in [2.75, 3.05) is 44.4 Å². The van der Waals surface area contributed by atoms with Crippen LogP contribution in [-0.2, 0) is 0 Å². The summed E-state index contributed by atoms with van der Waals surface area (Å²) in [5.41, 5.74) is 0. The number of hydrogen-bond acceptors (Lipinski definition) is 6. The van der Waals surface area contributed by atoms with Crippen LogP contribution in [0.3, 0.4) is 0 Å². The molecule has 1 unspecified atom stereocenters. The average Bonchev–Trinajstić information content (AvgIpc) is 2.71. The van der Waals surface area contributed by atoms with Gasteiger partial charge < -0.3 is 15.1 Å². The molecule has 0 amide bonds. The number of hydrogen-bond donors (Lipinski definition) is 1. The molecule has 0 aromatic carbocycles. The van der Waals surface area contributed by atoms with Crippen LogP contribution >= 0.6 is 11.6 Å². The van der Waals surface area contributed by atoms with Gasteiger partial charge in [-0.25, -0.2) is 0 Å². The number of likely N-dealkylation sites (tertiary alicyclic amines) is 1. The smallest absolute Gasteiger partial charge is 0.230 e. The summed E-state index contributed by atoms with van der Waals surface area (Å²) in [7, 11) is 5.89. The van der Waals surface area contributed by atoms with Gasteiger partial charge in [-0.2, -0.15) is 15.0 Å². The van der Waals surface area contributed by atoms with E-state index in [1.54, 1.807) is 4.90 Å². The van der Waals surface area contributed by atoms with E-state index < -0.39 is 0 Å². The van der Waals surface area contributed by atoms with Crippen molar-refractivity contribution in [1.82, 2.24) is 19.9 Å². The zero-order valence-corrected chi connectivity index (χ0v) is 11.8. The molecule has 1 N–H and O–H groups in total. The molecular weight excluding hydrogens is 252 g/mol. The predicted molar refractivity (Wildman–Crippen MR) is 73.3 cm³/mol. The van der Waals surface area contributed by atoms with Crippen LogP contribution in [0.25, 0.3) is 0 Å². The van der Waals surface area contributed by atoms with E-state index >= 15 is 0 Å². The first-order chi connectivity index (χ1) is 8.56. The Kier molecular flexibility index (Phi) is 4.19. The molecule has 7 heteroatoms. The van der Waals surface area contributed by atoms with Gasteiger partial charge in [0.15, 0.2) is 0 Å². The first kappa shape index (κ1) is 13.3. The highest BCUT2D eigenvalue weighted by Crippen LogP contribution is 2.16. The van der Waals surface area contributed by atoms with Crippen LogP contribution in [0.1, 0.15) is 12.8 Å². The van der Waals surface area contributed by atoms with Gasteiger partial charge in [0.1, 0.15) is 0 Å². The fourth-order valence-electron chi connectivity index (χ4n) is 2.06. The van der Waals surface area contributed by atoms with Crippen molar-refractivity contribution in [3.8, 4) is 0 Å². The van der Waals surface area contributed by atoms with Crippen LogP contribution in [0.5, 0.6) is 0 Å². The minimum absolute atomic E-state index is 0.218. The van der Waals surface area contributed by atoms with Gasteiger partial charge in [0, 0.05) is 26.7 Å². The van der Waals surface area contributed by atoms with E-state index in [9.17, 15) is 0 Å². The molecular formula is C11H19ClN6. The Bertz CT molecular complexity index is 411. The lowest BCUT2D eigenvalue weighted by Crippen LogP contribution is -2.32. The number of likely N-dealkylation sites (N-methyl/N-ethyl adjacent to an activating group) is 1. The van der Waals surface area contributed by atoms with Gasteiger partial charge >= 0.3 is 0 Å². The number of anilines is 2. The first-order valence-corrected chi connectivity index (χ1v) is 6.47. The Labute approximate surface area is 112 Å². The molecule has 1 saturated heterocycles. The molecule has 1 atom stereocenters. The molecule has 1 aliphatic rings. The van der Waals surface area contributed by atoms with Crippen LogP contribution < -0.4 is 10.2 Å². The summed E-state index contributed by atoms with van der Waals surface area (Å²) in [6.45, 7) is 2.00. The Morgan fingerprint density at radius 3 is 2.78 bits per heavy atom. The van der Waals surface area contributed by atoms with Crippen molar-refractivity contribution >= 4 is 23.5 Å². The third-order valence-electron chi connectivity index (χ3n) is 3.16. The SMILES string of the molecule is CN(C)c1nc(Cl)nc(NCC2CCCN2C)n1. The topological polar surface area (TPSA) is 57.2 Å². The molecule has 1 aromatic heterocycles.